The van der Waals surface area contributed by atoms with E-state index >= 15 is 0 Å². The average Bonchev–Trinajstić information content (AvgIpc) is 2.88. The molecule has 0 saturated carbocycles. The van der Waals surface area contributed by atoms with Gasteiger partial charge in [-0.2, -0.15) is 0 Å². The normalized spacial score (nSPS) is 22.6. The molecule has 0 aromatic carbocycles. The monoisotopic (exact) mass is 336 g/mol. The van der Waals surface area contributed by atoms with Crippen molar-refractivity contribution in [2.75, 3.05) is 19.6 Å². The summed E-state index contributed by atoms with van der Waals surface area (Å²) in [5.74, 6) is -0.141. The van der Waals surface area contributed by atoms with Crippen molar-refractivity contribution in [1.29, 1.82) is 0 Å². The molecule has 1 aliphatic carbocycles. The van der Waals surface area contributed by atoms with E-state index in [9.17, 15) is 9.59 Å². The second-order valence-electron chi connectivity index (χ2n) is 6.51. The van der Waals surface area contributed by atoms with Gasteiger partial charge in [-0.25, -0.2) is 4.98 Å². The molecule has 1 saturated heterocycles. The maximum Gasteiger partial charge on any atom is 0.231 e. The molecular formula is C16H24N4O2S. The lowest BCUT2D eigenvalue weighted by atomic mass is 9.93. The Morgan fingerprint density at radius 3 is 2.78 bits per heavy atom. The van der Waals surface area contributed by atoms with Crippen LogP contribution in [0, 0.1) is 12.8 Å². The van der Waals surface area contributed by atoms with Gasteiger partial charge in [0.15, 0.2) is 0 Å². The van der Waals surface area contributed by atoms with Crippen LogP contribution < -0.4 is 11.1 Å². The molecule has 1 fully saturated rings. The lowest BCUT2D eigenvalue weighted by molar-refractivity contribution is -0.127. The van der Waals surface area contributed by atoms with Crippen LogP contribution in [0.25, 0.3) is 0 Å². The summed E-state index contributed by atoms with van der Waals surface area (Å²) in [7, 11) is 0. The number of aromatic nitrogens is 1. The number of thiazole rings is 1. The Bertz CT molecular complexity index is 593. The van der Waals surface area contributed by atoms with Crippen LogP contribution >= 0.6 is 11.3 Å². The molecule has 1 aromatic heterocycles. The molecule has 1 unspecified atom stereocenters. The highest BCUT2D eigenvalue weighted by Crippen LogP contribution is 2.33. The van der Waals surface area contributed by atoms with Gasteiger partial charge < -0.3 is 11.1 Å². The fourth-order valence-electron chi connectivity index (χ4n) is 3.54. The van der Waals surface area contributed by atoms with Crippen molar-refractivity contribution in [3.63, 3.8) is 0 Å². The summed E-state index contributed by atoms with van der Waals surface area (Å²) in [5.41, 5.74) is 6.30. The van der Waals surface area contributed by atoms with Crippen LogP contribution in [0.5, 0.6) is 0 Å². The lowest BCUT2D eigenvalue weighted by Crippen LogP contribution is -2.44. The highest BCUT2D eigenvalue weighted by atomic mass is 32.1. The van der Waals surface area contributed by atoms with Crippen molar-refractivity contribution in [3.8, 4) is 0 Å². The molecular weight excluding hydrogens is 312 g/mol. The number of amides is 2. The highest BCUT2D eigenvalue weighted by molar-refractivity contribution is 7.11. The predicted octanol–water partition coefficient (Wildman–Crippen LogP) is 1.14. The van der Waals surface area contributed by atoms with Gasteiger partial charge in [-0.1, -0.05) is 0 Å². The summed E-state index contributed by atoms with van der Waals surface area (Å²) in [6, 6.07) is 0.0693. The quantitative estimate of drug-likeness (QED) is 0.863. The third-order valence-electron chi connectivity index (χ3n) is 4.72. The molecule has 126 valence electrons. The minimum atomic E-state index is -0.304. The summed E-state index contributed by atoms with van der Waals surface area (Å²) >= 11 is 1.75. The van der Waals surface area contributed by atoms with E-state index < -0.39 is 0 Å². The largest absolute Gasteiger partial charge is 0.369 e. The zero-order valence-electron chi connectivity index (χ0n) is 13.5. The molecule has 2 heterocycles. The average molecular weight is 336 g/mol. The Morgan fingerprint density at radius 1 is 1.35 bits per heavy atom. The number of rotatable bonds is 4. The van der Waals surface area contributed by atoms with E-state index in [2.05, 4.69) is 10.3 Å². The number of nitrogens with zero attached hydrogens (tertiary/aromatic N) is 2. The number of piperidine rings is 1. The Kier molecular flexibility index (Phi) is 4.96. The number of primary amides is 1. The highest BCUT2D eigenvalue weighted by Gasteiger charge is 2.30. The zero-order valence-corrected chi connectivity index (χ0v) is 14.3. The van der Waals surface area contributed by atoms with Gasteiger partial charge in [0.2, 0.25) is 11.8 Å². The summed E-state index contributed by atoms with van der Waals surface area (Å²) in [5, 5.41) is 4.29. The van der Waals surface area contributed by atoms with Crippen LogP contribution in [0.3, 0.4) is 0 Å². The molecule has 3 N–H and O–H groups in total. The number of nitrogens with one attached hydrogen (secondary N) is 1. The Hall–Kier alpha value is -1.47. The van der Waals surface area contributed by atoms with Crippen LogP contribution in [-0.4, -0.2) is 41.3 Å². The van der Waals surface area contributed by atoms with Gasteiger partial charge >= 0.3 is 0 Å². The maximum atomic E-state index is 12.6. The topological polar surface area (TPSA) is 88.3 Å². The van der Waals surface area contributed by atoms with Crippen molar-refractivity contribution >= 4 is 23.2 Å². The molecule has 2 amide bonds. The van der Waals surface area contributed by atoms with Gasteiger partial charge in [-0.3, -0.25) is 14.5 Å². The molecule has 0 radical (unpaired) electrons. The maximum absolute atomic E-state index is 12.6. The van der Waals surface area contributed by atoms with Crippen molar-refractivity contribution in [2.45, 2.75) is 45.1 Å². The van der Waals surface area contributed by atoms with Gasteiger partial charge in [-0.05, 0) is 52.1 Å². The van der Waals surface area contributed by atoms with Crippen LogP contribution in [0.15, 0.2) is 0 Å². The third kappa shape index (κ3) is 3.90. The third-order valence-corrected chi connectivity index (χ3v) is 5.76. The number of likely N-dealkylation sites (tertiary alicyclic amines) is 1. The van der Waals surface area contributed by atoms with Crippen molar-refractivity contribution < 1.29 is 9.59 Å². The van der Waals surface area contributed by atoms with Gasteiger partial charge in [0, 0.05) is 10.8 Å². The molecule has 0 bridgehead atoms. The van der Waals surface area contributed by atoms with E-state index in [4.69, 9.17) is 5.73 Å². The van der Waals surface area contributed by atoms with Gasteiger partial charge in [0.1, 0.15) is 0 Å². The number of aryl methyl sites for hydroxylation is 2. The second-order valence-corrected chi connectivity index (χ2v) is 7.80. The fraction of sp³-hybridized carbons (Fsp3) is 0.688. The standard InChI is InChI=1S/C16H24N4O2S/c1-10-18-15-12(3-2-4-13(15)23-10)19-16(22)11-5-7-20(8-6-11)9-14(17)21/h11-12H,2-9H2,1H3,(H2,17,21)(H,19,22). The molecule has 1 aromatic rings. The Morgan fingerprint density at radius 2 is 2.09 bits per heavy atom. The molecule has 1 aliphatic heterocycles. The summed E-state index contributed by atoms with van der Waals surface area (Å²) < 4.78 is 0. The number of hydrogen-bond donors (Lipinski definition) is 2. The van der Waals surface area contributed by atoms with E-state index in [-0.39, 0.29) is 23.8 Å². The molecule has 0 spiro atoms. The molecule has 6 nitrogen and oxygen atoms in total. The van der Waals surface area contributed by atoms with E-state index in [1.54, 1.807) is 11.3 Å². The van der Waals surface area contributed by atoms with Crippen molar-refractivity contribution in [3.05, 3.63) is 15.6 Å². The van der Waals surface area contributed by atoms with Gasteiger partial charge in [-0.15, -0.1) is 11.3 Å². The number of nitrogens with two attached hydrogens (primary N) is 1. The fourth-order valence-corrected chi connectivity index (χ4v) is 4.58. The SMILES string of the molecule is Cc1nc2c(s1)CCCC2NC(=O)C1CCN(CC(N)=O)CC1. The number of hydrogen-bond acceptors (Lipinski definition) is 5. The molecule has 2 aliphatic rings. The van der Waals surface area contributed by atoms with Crippen LogP contribution in [0.4, 0.5) is 0 Å². The van der Waals surface area contributed by atoms with Crippen molar-refractivity contribution in [2.24, 2.45) is 11.7 Å². The minimum Gasteiger partial charge on any atom is -0.369 e. The Balaban J connectivity index is 1.55. The van der Waals surface area contributed by atoms with Crippen molar-refractivity contribution in [1.82, 2.24) is 15.2 Å². The van der Waals surface area contributed by atoms with E-state index in [0.717, 1.165) is 55.9 Å². The zero-order chi connectivity index (χ0) is 16.4. The van der Waals surface area contributed by atoms with Gasteiger partial charge in [0.25, 0.3) is 0 Å². The first-order valence-corrected chi connectivity index (χ1v) is 9.12. The van der Waals surface area contributed by atoms with E-state index in [1.165, 1.54) is 4.88 Å². The predicted molar refractivity (Wildman–Crippen MR) is 89.0 cm³/mol. The first kappa shape index (κ1) is 16.4. The van der Waals surface area contributed by atoms with Crippen LogP contribution in [0.1, 0.15) is 47.3 Å². The van der Waals surface area contributed by atoms with E-state index in [1.807, 2.05) is 11.8 Å². The molecule has 1 atom stereocenters. The van der Waals surface area contributed by atoms with Crippen LogP contribution in [-0.2, 0) is 16.0 Å². The van der Waals surface area contributed by atoms with Gasteiger partial charge in [0.05, 0.1) is 23.3 Å². The van der Waals surface area contributed by atoms with Crippen LogP contribution in [0.2, 0.25) is 0 Å². The minimum absolute atomic E-state index is 0.0317. The molecule has 23 heavy (non-hydrogen) atoms. The first-order valence-electron chi connectivity index (χ1n) is 8.30. The number of carbonyl (C=O) groups is 2. The smallest absolute Gasteiger partial charge is 0.231 e. The molecule has 7 heteroatoms. The summed E-state index contributed by atoms with van der Waals surface area (Å²) in [6.07, 6.45) is 4.74. The summed E-state index contributed by atoms with van der Waals surface area (Å²) in [6.45, 7) is 3.83. The number of carbonyl (C=O) groups excluding carboxylic acids is 2. The summed E-state index contributed by atoms with van der Waals surface area (Å²) in [4.78, 5) is 31.5. The first-order chi connectivity index (χ1) is 11.0. The lowest BCUT2D eigenvalue weighted by Gasteiger charge is -2.31. The Labute approximate surface area is 140 Å². The number of fused-ring (bicyclic) bond motifs is 1. The molecule has 3 rings (SSSR count). The van der Waals surface area contributed by atoms with E-state index in [0.29, 0.717) is 6.54 Å². The second kappa shape index (κ2) is 6.97.